The van der Waals surface area contributed by atoms with Gasteiger partial charge in [0.15, 0.2) is 6.10 Å². The quantitative estimate of drug-likeness (QED) is 0.466. The molecule has 3 aromatic rings. The standard InChI is InChI=1S/C19H20Cl2N2O2.C7H8/c1-25-18(14-5-3-2-4-6-14)19(24)23-11-9-22(10-12-23)17-8-7-15(20)13-16(17)21;1-7-5-3-2-4-6-7/h2-8,13,18H,9-12H2,1H3;2-6H,1H3/t18-;/m1./s1. The number of methoxy groups -OCH3 is 1. The number of carbonyl (C=O) groups excluding carboxylic acids is 1. The van der Waals surface area contributed by atoms with Crippen molar-refractivity contribution in [3.63, 3.8) is 0 Å². The monoisotopic (exact) mass is 470 g/mol. The van der Waals surface area contributed by atoms with E-state index in [2.05, 4.69) is 24.0 Å². The number of halogens is 2. The Morgan fingerprint density at radius 3 is 1.97 bits per heavy atom. The molecule has 3 aromatic carbocycles. The molecule has 0 N–H and O–H groups in total. The number of amides is 1. The number of ether oxygens (including phenoxy) is 1. The van der Waals surface area contributed by atoms with Crippen LogP contribution in [0.25, 0.3) is 0 Å². The molecule has 0 saturated carbocycles. The molecule has 1 fully saturated rings. The number of benzene rings is 3. The van der Waals surface area contributed by atoms with Crippen LogP contribution in [0.3, 0.4) is 0 Å². The molecule has 0 spiro atoms. The van der Waals surface area contributed by atoms with Gasteiger partial charge in [0.05, 0.1) is 10.7 Å². The van der Waals surface area contributed by atoms with Gasteiger partial charge in [-0.1, -0.05) is 89.4 Å². The Kier molecular flexibility index (Phi) is 8.98. The SMILES string of the molecule is CO[C@@H](C(=O)N1CCN(c2ccc(Cl)cc2Cl)CC1)c1ccccc1.Cc1ccccc1. The Labute approximate surface area is 200 Å². The summed E-state index contributed by atoms with van der Waals surface area (Å²) in [5.41, 5.74) is 3.14. The average Bonchev–Trinajstić information content (AvgIpc) is 2.81. The lowest BCUT2D eigenvalue weighted by Gasteiger charge is -2.37. The summed E-state index contributed by atoms with van der Waals surface area (Å²) >= 11 is 12.2. The Morgan fingerprint density at radius 2 is 1.47 bits per heavy atom. The highest BCUT2D eigenvalue weighted by molar-refractivity contribution is 6.36. The van der Waals surface area contributed by atoms with Crippen molar-refractivity contribution < 1.29 is 9.53 Å². The maximum atomic E-state index is 12.8. The number of carbonyl (C=O) groups is 1. The Bertz CT molecular complexity index is 991. The second-order valence-electron chi connectivity index (χ2n) is 7.59. The van der Waals surface area contributed by atoms with Crippen molar-refractivity contribution >= 4 is 34.8 Å². The van der Waals surface area contributed by atoms with Crippen LogP contribution in [-0.2, 0) is 9.53 Å². The van der Waals surface area contributed by atoms with E-state index >= 15 is 0 Å². The molecule has 168 valence electrons. The molecular formula is C26H28Cl2N2O2. The predicted molar refractivity (Wildman–Crippen MR) is 133 cm³/mol. The van der Waals surface area contributed by atoms with Crippen LogP contribution in [0, 0.1) is 6.92 Å². The molecule has 32 heavy (non-hydrogen) atoms. The molecule has 1 atom stereocenters. The number of hydrogen-bond donors (Lipinski definition) is 0. The van der Waals surface area contributed by atoms with Gasteiger partial charge in [0.2, 0.25) is 0 Å². The van der Waals surface area contributed by atoms with E-state index < -0.39 is 6.10 Å². The summed E-state index contributed by atoms with van der Waals surface area (Å²) in [7, 11) is 1.57. The molecular weight excluding hydrogens is 443 g/mol. The van der Waals surface area contributed by atoms with E-state index in [1.165, 1.54) is 5.56 Å². The lowest BCUT2D eigenvalue weighted by Crippen LogP contribution is -2.50. The Morgan fingerprint density at radius 1 is 0.875 bits per heavy atom. The number of anilines is 1. The van der Waals surface area contributed by atoms with Crippen molar-refractivity contribution in [2.75, 3.05) is 38.2 Å². The van der Waals surface area contributed by atoms with Crippen LogP contribution in [0.5, 0.6) is 0 Å². The Balaban J connectivity index is 0.000000352. The second kappa shape index (κ2) is 11.9. The maximum absolute atomic E-state index is 12.8. The summed E-state index contributed by atoms with van der Waals surface area (Å²) in [4.78, 5) is 16.8. The minimum atomic E-state index is -0.563. The highest BCUT2D eigenvalue weighted by atomic mass is 35.5. The lowest BCUT2D eigenvalue weighted by atomic mass is 10.1. The summed E-state index contributed by atoms with van der Waals surface area (Å²) in [6, 6.07) is 25.3. The summed E-state index contributed by atoms with van der Waals surface area (Å²) in [5.74, 6) is -0.00412. The van der Waals surface area contributed by atoms with Gasteiger partial charge in [0.1, 0.15) is 0 Å². The number of piperazine rings is 1. The van der Waals surface area contributed by atoms with Crippen molar-refractivity contribution in [3.8, 4) is 0 Å². The molecule has 6 heteroatoms. The fraction of sp³-hybridized carbons (Fsp3) is 0.269. The molecule has 4 nitrogen and oxygen atoms in total. The first-order valence-electron chi connectivity index (χ1n) is 10.6. The van der Waals surface area contributed by atoms with E-state index in [4.69, 9.17) is 27.9 Å². The summed E-state index contributed by atoms with van der Waals surface area (Å²) in [5, 5.41) is 1.25. The van der Waals surface area contributed by atoms with E-state index in [0.29, 0.717) is 23.1 Å². The molecule has 1 aliphatic heterocycles. The van der Waals surface area contributed by atoms with Crippen LogP contribution >= 0.6 is 23.2 Å². The van der Waals surface area contributed by atoms with Crippen molar-refractivity contribution in [3.05, 3.63) is 100 Å². The fourth-order valence-corrected chi connectivity index (χ4v) is 4.14. The smallest absolute Gasteiger partial charge is 0.256 e. The van der Waals surface area contributed by atoms with Gasteiger partial charge < -0.3 is 14.5 Å². The van der Waals surface area contributed by atoms with Crippen LogP contribution in [0.4, 0.5) is 5.69 Å². The third-order valence-electron chi connectivity index (χ3n) is 5.34. The topological polar surface area (TPSA) is 32.8 Å². The molecule has 0 aromatic heterocycles. The van der Waals surface area contributed by atoms with Gasteiger partial charge in [-0.2, -0.15) is 0 Å². The van der Waals surface area contributed by atoms with Crippen LogP contribution in [0.15, 0.2) is 78.9 Å². The van der Waals surface area contributed by atoms with Crippen molar-refractivity contribution in [1.82, 2.24) is 4.90 Å². The van der Waals surface area contributed by atoms with E-state index in [0.717, 1.165) is 24.3 Å². The van der Waals surface area contributed by atoms with Crippen molar-refractivity contribution in [1.29, 1.82) is 0 Å². The number of hydrogen-bond acceptors (Lipinski definition) is 3. The molecule has 1 heterocycles. The van der Waals surface area contributed by atoms with Crippen LogP contribution in [-0.4, -0.2) is 44.1 Å². The summed E-state index contributed by atoms with van der Waals surface area (Å²) in [6.07, 6.45) is -0.563. The van der Waals surface area contributed by atoms with Gasteiger partial charge in [0.25, 0.3) is 5.91 Å². The molecule has 1 saturated heterocycles. The molecule has 1 aliphatic rings. The molecule has 0 unspecified atom stereocenters. The third kappa shape index (κ3) is 6.49. The molecule has 0 bridgehead atoms. The average molecular weight is 471 g/mol. The summed E-state index contributed by atoms with van der Waals surface area (Å²) < 4.78 is 5.45. The zero-order chi connectivity index (χ0) is 22.9. The van der Waals surface area contributed by atoms with Gasteiger partial charge in [0, 0.05) is 38.3 Å². The first-order valence-corrected chi connectivity index (χ1v) is 11.3. The van der Waals surface area contributed by atoms with Crippen LogP contribution in [0.1, 0.15) is 17.2 Å². The van der Waals surface area contributed by atoms with E-state index in [1.807, 2.05) is 65.6 Å². The maximum Gasteiger partial charge on any atom is 0.256 e. The fourth-order valence-electron chi connectivity index (χ4n) is 3.61. The number of nitrogens with zero attached hydrogens (tertiary/aromatic N) is 2. The lowest BCUT2D eigenvalue weighted by molar-refractivity contribution is -0.142. The zero-order valence-corrected chi connectivity index (χ0v) is 19.9. The van der Waals surface area contributed by atoms with Crippen LogP contribution < -0.4 is 4.90 Å². The van der Waals surface area contributed by atoms with Gasteiger partial charge in [-0.3, -0.25) is 4.79 Å². The van der Waals surface area contributed by atoms with E-state index in [1.54, 1.807) is 13.2 Å². The van der Waals surface area contributed by atoms with Gasteiger partial charge >= 0.3 is 0 Å². The third-order valence-corrected chi connectivity index (χ3v) is 5.88. The van der Waals surface area contributed by atoms with Gasteiger partial charge in [-0.25, -0.2) is 0 Å². The molecule has 4 rings (SSSR count). The molecule has 0 aliphatic carbocycles. The largest absolute Gasteiger partial charge is 0.367 e. The van der Waals surface area contributed by atoms with Crippen molar-refractivity contribution in [2.45, 2.75) is 13.0 Å². The van der Waals surface area contributed by atoms with E-state index in [-0.39, 0.29) is 5.91 Å². The normalized spacial score (nSPS) is 14.4. The molecule has 1 amide bonds. The number of rotatable bonds is 4. The predicted octanol–water partition coefficient (Wildman–Crippen LogP) is 6.02. The summed E-state index contributed by atoms with van der Waals surface area (Å²) in [6.45, 7) is 4.78. The zero-order valence-electron chi connectivity index (χ0n) is 18.4. The van der Waals surface area contributed by atoms with Gasteiger partial charge in [-0.05, 0) is 30.7 Å². The highest BCUT2D eigenvalue weighted by Gasteiger charge is 2.29. The van der Waals surface area contributed by atoms with Crippen molar-refractivity contribution in [2.24, 2.45) is 0 Å². The minimum Gasteiger partial charge on any atom is -0.367 e. The van der Waals surface area contributed by atoms with E-state index in [9.17, 15) is 4.79 Å². The first-order chi connectivity index (χ1) is 15.5. The highest BCUT2D eigenvalue weighted by Crippen LogP contribution is 2.30. The first kappa shape index (κ1) is 24.1. The Hall–Kier alpha value is -2.53. The minimum absolute atomic E-state index is 0.00412. The van der Waals surface area contributed by atoms with Crippen LogP contribution in [0.2, 0.25) is 10.0 Å². The number of aryl methyl sites for hydroxylation is 1. The van der Waals surface area contributed by atoms with Gasteiger partial charge in [-0.15, -0.1) is 0 Å². The molecule has 0 radical (unpaired) electrons. The second-order valence-corrected chi connectivity index (χ2v) is 8.43.